The Bertz CT molecular complexity index is 788. The number of allylic oxidation sites excluding steroid dienone is 1. The second kappa shape index (κ2) is 9.30. The summed E-state index contributed by atoms with van der Waals surface area (Å²) in [6.45, 7) is 3.28. The molecule has 2 saturated heterocycles. The number of aliphatic hydroxyl groups is 1. The van der Waals surface area contributed by atoms with Crippen molar-refractivity contribution in [2.75, 3.05) is 19.5 Å². The number of aliphatic hydroxyl groups excluding tert-OH is 1. The first-order chi connectivity index (χ1) is 14.7. The van der Waals surface area contributed by atoms with E-state index in [0.717, 1.165) is 24.6 Å². The highest BCUT2D eigenvalue weighted by Gasteiger charge is 2.71. The minimum absolute atomic E-state index is 0.101. The molecule has 6 atom stereocenters. The van der Waals surface area contributed by atoms with E-state index in [4.69, 9.17) is 9.47 Å². The molecule has 0 saturated carbocycles. The van der Waals surface area contributed by atoms with Gasteiger partial charge in [0.1, 0.15) is 11.6 Å². The van der Waals surface area contributed by atoms with Crippen LogP contribution in [0.4, 0.5) is 0 Å². The van der Waals surface area contributed by atoms with Crippen LogP contribution in [0.2, 0.25) is 0 Å². The maximum atomic E-state index is 13.7. The molecule has 10 heteroatoms. The molecule has 0 radical (unpaired) electrons. The highest BCUT2D eigenvalue weighted by atomic mass is 32.2. The van der Waals surface area contributed by atoms with Crippen molar-refractivity contribution in [1.82, 2.24) is 10.6 Å². The Hall–Kier alpha value is -1.91. The lowest BCUT2D eigenvalue weighted by atomic mass is 9.69. The molecule has 3 N–H and O–H groups in total. The number of amides is 2. The summed E-state index contributed by atoms with van der Waals surface area (Å²) >= 11 is 0.775. The van der Waals surface area contributed by atoms with Crippen LogP contribution in [0, 0.1) is 11.8 Å². The van der Waals surface area contributed by atoms with E-state index >= 15 is 0 Å². The van der Waals surface area contributed by atoms with E-state index in [1.54, 1.807) is 6.92 Å². The molecule has 3 rings (SSSR count). The Morgan fingerprint density at radius 2 is 2.16 bits per heavy atom. The first-order valence-corrected chi connectivity index (χ1v) is 11.5. The monoisotopic (exact) mass is 454 g/mol. The fourth-order valence-electron chi connectivity index (χ4n) is 4.93. The van der Waals surface area contributed by atoms with Crippen molar-refractivity contribution < 1.29 is 33.8 Å². The lowest BCUT2D eigenvalue weighted by molar-refractivity contribution is -0.144. The van der Waals surface area contributed by atoms with Gasteiger partial charge in [-0.3, -0.25) is 14.4 Å². The Morgan fingerprint density at radius 1 is 1.42 bits per heavy atom. The molecule has 172 valence electrons. The number of fused-ring (bicyclic) bond motifs is 1. The number of carbonyl (C=O) groups excluding carboxylic acids is 4. The summed E-state index contributed by atoms with van der Waals surface area (Å²) in [5.41, 5.74) is -2.88. The van der Waals surface area contributed by atoms with Gasteiger partial charge in [0, 0.05) is 25.2 Å². The third kappa shape index (κ3) is 4.12. The quantitative estimate of drug-likeness (QED) is 0.370. The molecule has 0 spiro atoms. The number of hydrogen-bond acceptors (Lipinski definition) is 8. The largest absolute Gasteiger partial charge is 0.467 e. The number of hydrogen-bond donors (Lipinski definition) is 3. The van der Waals surface area contributed by atoms with E-state index in [0.29, 0.717) is 19.4 Å². The first-order valence-electron chi connectivity index (χ1n) is 10.5. The van der Waals surface area contributed by atoms with Crippen LogP contribution in [0.5, 0.6) is 0 Å². The van der Waals surface area contributed by atoms with E-state index in [2.05, 4.69) is 10.6 Å². The zero-order chi connectivity index (χ0) is 22.8. The molecular formula is C21H30N2O7S. The van der Waals surface area contributed by atoms with Gasteiger partial charge in [0.05, 0.1) is 19.1 Å². The minimum atomic E-state index is -1.67. The van der Waals surface area contributed by atoms with Crippen molar-refractivity contribution in [2.24, 2.45) is 11.8 Å². The first kappa shape index (κ1) is 23.7. The van der Waals surface area contributed by atoms with Gasteiger partial charge in [0.15, 0.2) is 5.54 Å². The molecule has 31 heavy (non-hydrogen) atoms. The second-order valence-corrected chi connectivity index (χ2v) is 9.43. The van der Waals surface area contributed by atoms with Gasteiger partial charge in [-0.2, -0.15) is 0 Å². The number of rotatable bonds is 7. The van der Waals surface area contributed by atoms with Crippen LogP contribution >= 0.6 is 11.8 Å². The van der Waals surface area contributed by atoms with E-state index in [1.165, 1.54) is 14.0 Å². The van der Waals surface area contributed by atoms with Crippen molar-refractivity contribution in [1.29, 1.82) is 0 Å². The Labute approximate surface area is 185 Å². The van der Waals surface area contributed by atoms with Gasteiger partial charge in [-0.1, -0.05) is 23.9 Å². The number of carbonyl (C=O) groups is 4. The zero-order valence-electron chi connectivity index (χ0n) is 18.0. The third-order valence-electron chi connectivity index (χ3n) is 6.60. The summed E-state index contributed by atoms with van der Waals surface area (Å²) in [6.07, 6.45) is 5.59. The second-order valence-electron chi connectivity index (χ2n) is 8.44. The summed E-state index contributed by atoms with van der Waals surface area (Å²) in [4.78, 5) is 49.9. The van der Waals surface area contributed by atoms with E-state index in [9.17, 15) is 24.3 Å². The van der Waals surface area contributed by atoms with Gasteiger partial charge < -0.3 is 25.2 Å². The molecule has 0 aromatic carbocycles. The van der Waals surface area contributed by atoms with Crippen LogP contribution < -0.4 is 10.6 Å². The average molecular weight is 455 g/mol. The van der Waals surface area contributed by atoms with Crippen molar-refractivity contribution >= 4 is 34.7 Å². The molecule has 9 nitrogen and oxygen atoms in total. The number of esters is 1. The SMILES string of the molecule is COC(=O)[C@@H](CSC(=O)[C@]1([C@@H](O)[C@@H]2C=CCCC2)NC(=O)[C@@H]2CCO[C@@]21C)NC(C)=O. The van der Waals surface area contributed by atoms with Crippen LogP contribution in [-0.4, -0.2) is 70.8 Å². The van der Waals surface area contributed by atoms with Gasteiger partial charge >= 0.3 is 5.97 Å². The summed E-state index contributed by atoms with van der Waals surface area (Å²) in [5, 5.41) is 16.2. The number of ether oxygens (including phenoxy) is 2. The highest BCUT2D eigenvalue weighted by Crippen LogP contribution is 2.51. The summed E-state index contributed by atoms with van der Waals surface area (Å²) in [6, 6.07) is -1.04. The molecule has 1 aliphatic carbocycles. The fourth-order valence-corrected chi connectivity index (χ4v) is 6.07. The molecule has 0 bridgehead atoms. The zero-order valence-corrected chi connectivity index (χ0v) is 18.8. The standard InChI is InChI=1S/C21H30N2O7S/c1-12(24)22-15(18(27)29-3)11-31-19(28)21(16(25)13-7-5-4-6-8-13)20(2)14(9-10-30-20)17(26)23-21/h5,7,13-16,25H,4,6,8-11H2,1-3H3,(H,22,24)(H,23,26)/t13-,14+,15-,16+,20+,21+/m1/s1. The molecule has 2 amide bonds. The predicted octanol–water partition coefficient (Wildman–Crippen LogP) is 0.305. The van der Waals surface area contributed by atoms with Gasteiger partial charge in [0.2, 0.25) is 16.9 Å². The Balaban J connectivity index is 1.91. The van der Waals surface area contributed by atoms with Crippen LogP contribution in [-0.2, 0) is 28.7 Å². The van der Waals surface area contributed by atoms with Crippen molar-refractivity contribution in [3.05, 3.63) is 12.2 Å². The van der Waals surface area contributed by atoms with Crippen LogP contribution in [0.3, 0.4) is 0 Å². The van der Waals surface area contributed by atoms with E-state index in [-0.39, 0.29) is 17.6 Å². The topological polar surface area (TPSA) is 131 Å². The van der Waals surface area contributed by atoms with E-state index in [1.807, 2.05) is 12.2 Å². The molecule has 2 heterocycles. The fraction of sp³-hybridized carbons (Fsp3) is 0.714. The summed E-state index contributed by atoms with van der Waals surface area (Å²) in [7, 11) is 1.19. The van der Waals surface area contributed by atoms with Gasteiger partial charge in [-0.05, 0) is 32.6 Å². The van der Waals surface area contributed by atoms with Crippen molar-refractivity contribution in [3.63, 3.8) is 0 Å². The third-order valence-corrected chi connectivity index (χ3v) is 7.68. The molecule has 0 unspecified atom stereocenters. The summed E-state index contributed by atoms with van der Waals surface area (Å²) < 4.78 is 10.7. The van der Waals surface area contributed by atoms with E-state index < -0.39 is 46.2 Å². The van der Waals surface area contributed by atoms with Crippen molar-refractivity contribution in [3.8, 4) is 0 Å². The number of nitrogens with one attached hydrogen (secondary N) is 2. The average Bonchev–Trinajstić information content (AvgIpc) is 3.25. The minimum Gasteiger partial charge on any atom is -0.467 e. The smallest absolute Gasteiger partial charge is 0.329 e. The normalized spacial score (nSPS) is 33.9. The Kier molecular flexibility index (Phi) is 7.12. The highest BCUT2D eigenvalue weighted by molar-refractivity contribution is 8.13. The van der Waals surface area contributed by atoms with Gasteiger partial charge in [0.25, 0.3) is 0 Å². The number of methoxy groups -OCH3 is 1. The molecule has 2 aliphatic heterocycles. The van der Waals surface area contributed by atoms with Gasteiger partial charge in [-0.15, -0.1) is 0 Å². The number of thioether (sulfide) groups is 1. The van der Waals surface area contributed by atoms with Crippen LogP contribution in [0.25, 0.3) is 0 Å². The maximum absolute atomic E-state index is 13.7. The van der Waals surface area contributed by atoms with Crippen molar-refractivity contribution in [2.45, 2.75) is 62.8 Å². The lowest BCUT2D eigenvalue weighted by Crippen LogP contribution is -2.69. The molecule has 3 aliphatic rings. The molecule has 2 fully saturated rings. The lowest BCUT2D eigenvalue weighted by Gasteiger charge is -2.45. The predicted molar refractivity (Wildman–Crippen MR) is 113 cm³/mol. The van der Waals surface area contributed by atoms with Crippen LogP contribution in [0.1, 0.15) is 39.5 Å². The Morgan fingerprint density at radius 3 is 2.77 bits per heavy atom. The maximum Gasteiger partial charge on any atom is 0.329 e. The van der Waals surface area contributed by atoms with Gasteiger partial charge in [-0.25, -0.2) is 4.79 Å². The molecule has 0 aromatic heterocycles. The molecular weight excluding hydrogens is 424 g/mol. The van der Waals surface area contributed by atoms with Crippen LogP contribution in [0.15, 0.2) is 12.2 Å². The summed E-state index contributed by atoms with van der Waals surface area (Å²) in [5.74, 6) is -2.41. The molecule has 0 aromatic rings.